The van der Waals surface area contributed by atoms with Crippen LogP contribution in [-0.2, 0) is 9.59 Å². The fraction of sp³-hybridized carbons (Fsp3) is 0.444. The Morgan fingerprint density at radius 3 is 2.33 bits per heavy atom. The van der Waals surface area contributed by atoms with Gasteiger partial charge in [-0.2, -0.15) is 0 Å². The predicted molar refractivity (Wildman–Crippen MR) is 85.5 cm³/mol. The lowest BCUT2D eigenvalue weighted by Crippen LogP contribution is -2.18. The van der Waals surface area contributed by atoms with E-state index in [2.05, 4.69) is 0 Å². The average Bonchev–Trinajstić information content (AvgIpc) is 2.34. The van der Waals surface area contributed by atoms with E-state index in [0.29, 0.717) is 12.2 Å². The smallest absolute Gasteiger partial charge is 0.166 e. The van der Waals surface area contributed by atoms with Gasteiger partial charge in [0.2, 0.25) is 0 Å². The molecule has 0 heterocycles. The molecule has 0 aliphatic heterocycles. The van der Waals surface area contributed by atoms with Gasteiger partial charge in [-0.1, -0.05) is 32.9 Å². The van der Waals surface area contributed by atoms with Crippen LogP contribution in [0, 0.1) is 12.3 Å². The third-order valence-corrected chi connectivity index (χ3v) is 3.06. The van der Waals surface area contributed by atoms with E-state index >= 15 is 0 Å². The van der Waals surface area contributed by atoms with Crippen LogP contribution in [0.25, 0.3) is 6.08 Å². The van der Waals surface area contributed by atoms with Gasteiger partial charge in [-0.05, 0) is 37.0 Å². The van der Waals surface area contributed by atoms with Crippen molar-refractivity contribution in [1.82, 2.24) is 0 Å². The molecule has 21 heavy (non-hydrogen) atoms. The number of benzene rings is 1. The average molecular weight is 288 g/mol. The van der Waals surface area contributed by atoms with Gasteiger partial charge in [-0.15, -0.1) is 0 Å². The van der Waals surface area contributed by atoms with Crippen molar-refractivity contribution < 1.29 is 14.3 Å². The van der Waals surface area contributed by atoms with E-state index in [4.69, 9.17) is 4.74 Å². The van der Waals surface area contributed by atoms with E-state index in [1.807, 2.05) is 45.9 Å². The van der Waals surface area contributed by atoms with Crippen molar-refractivity contribution >= 4 is 17.6 Å². The third-order valence-electron chi connectivity index (χ3n) is 3.06. The minimum atomic E-state index is -0.216. The van der Waals surface area contributed by atoms with E-state index in [1.165, 1.54) is 6.92 Å². The quantitative estimate of drug-likeness (QED) is 0.467. The Labute approximate surface area is 127 Å². The summed E-state index contributed by atoms with van der Waals surface area (Å²) in [5, 5.41) is 0. The zero-order chi connectivity index (χ0) is 16.2. The summed E-state index contributed by atoms with van der Waals surface area (Å²) >= 11 is 0. The maximum Gasteiger partial charge on any atom is 0.166 e. The molecule has 0 saturated heterocycles. The number of allylic oxidation sites excluding steroid dienone is 1. The van der Waals surface area contributed by atoms with Gasteiger partial charge in [0.15, 0.2) is 11.6 Å². The van der Waals surface area contributed by atoms with E-state index in [-0.39, 0.29) is 22.6 Å². The highest BCUT2D eigenvalue weighted by atomic mass is 16.5. The molecule has 114 valence electrons. The van der Waals surface area contributed by atoms with Crippen LogP contribution >= 0.6 is 0 Å². The molecule has 0 atom stereocenters. The normalized spacial score (nSPS) is 12.2. The summed E-state index contributed by atoms with van der Waals surface area (Å²) in [6.45, 7) is 9.33. The Morgan fingerprint density at radius 2 is 1.86 bits per heavy atom. The van der Waals surface area contributed by atoms with Gasteiger partial charge in [-0.3, -0.25) is 9.59 Å². The summed E-state index contributed by atoms with van der Waals surface area (Å²) in [5.41, 5.74) is 1.89. The highest BCUT2D eigenvalue weighted by Crippen LogP contribution is 2.26. The second-order valence-corrected chi connectivity index (χ2v) is 6.52. The molecule has 0 radical (unpaired) electrons. The van der Waals surface area contributed by atoms with Crippen LogP contribution < -0.4 is 4.74 Å². The summed E-state index contributed by atoms with van der Waals surface area (Å²) in [6.07, 6.45) is 1.97. The molecule has 0 aliphatic carbocycles. The summed E-state index contributed by atoms with van der Waals surface area (Å²) in [6, 6.07) is 5.68. The number of aryl methyl sites for hydroxylation is 1. The number of hydrogen-bond acceptors (Lipinski definition) is 3. The summed E-state index contributed by atoms with van der Waals surface area (Å²) in [5.74, 6) is 0.321. The van der Waals surface area contributed by atoms with E-state index in [9.17, 15) is 9.59 Å². The lowest BCUT2D eigenvalue weighted by atomic mass is 9.86. The van der Waals surface area contributed by atoms with Crippen molar-refractivity contribution in [3.63, 3.8) is 0 Å². The monoisotopic (exact) mass is 288 g/mol. The number of ether oxygens (including phenoxy) is 1. The summed E-state index contributed by atoms with van der Waals surface area (Å²) in [7, 11) is 1.58. The maximum atomic E-state index is 12.3. The number of rotatable bonds is 5. The molecule has 0 bridgehead atoms. The molecule has 3 nitrogen and oxygen atoms in total. The maximum absolute atomic E-state index is 12.3. The number of ketones is 2. The molecule has 1 aromatic carbocycles. The van der Waals surface area contributed by atoms with E-state index in [0.717, 1.165) is 11.1 Å². The largest absolute Gasteiger partial charge is 0.496 e. The lowest BCUT2D eigenvalue weighted by Gasteiger charge is -2.17. The van der Waals surface area contributed by atoms with Crippen LogP contribution in [0.3, 0.4) is 0 Å². The second kappa shape index (κ2) is 6.70. The van der Waals surface area contributed by atoms with E-state index < -0.39 is 0 Å². The van der Waals surface area contributed by atoms with Crippen LogP contribution in [0.2, 0.25) is 0 Å². The van der Waals surface area contributed by atoms with Crippen LogP contribution in [0.1, 0.15) is 45.2 Å². The molecule has 0 aliphatic rings. The van der Waals surface area contributed by atoms with Gasteiger partial charge in [0, 0.05) is 12.0 Å². The van der Waals surface area contributed by atoms with Crippen LogP contribution in [0.4, 0.5) is 0 Å². The zero-order valence-electron chi connectivity index (χ0n) is 13.7. The van der Waals surface area contributed by atoms with Gasteiger partial charge in [-0.25, -0.2) is 0 Å². The molecular weight excluding hydrogens is 264 g/mol. The van der Waals surface area contributed by atoms with Crippen molar-refractivity contribution in [2.24, 2.45) is 5.41 Å². The first kappa shape index (κ1) is 17.2. The van der Waals surface area contributed by atoms with Crippen LogP contribution in [-0.4, -0.2) is 18.7 Å². The topological polar surface area (TPSA) is 43.4 Å². The van der Waals surface area contributed by atoms with Gasteiger partial charge in [0.1, 0.15) is 5.75 Å². The number of methoxy groups -OCH3 is 1. The molecule has 0 unspecified atom stereocenters. The minimum absolute atomic E-state index is 0.127. The van der Waals surface area contributed by atoms with Gasteiger partial charge in [0.05, 0.1) is 12.7 Å². The Balaban J connectivity index is 3.23. The standard InChI is InChI=1S/C18H24O3/c1-12-7-8-14(17(9-12)21-6)10-15(13(2)19)16(20)11-18(3,4)5/h7-10H,11H2,1-6H3/b15-10+. The Kier molecular flexibility index (Phi) is 5.47. The molecule has 0 amide bonds. The molecule has 1 aromatic rings. The van der Waals surface area contributed by atoms with Crippen molar-refractivity contribution in [2.75, 3.05) is 7.11 Å². The Bertz CT molecular complexity index is 575. The zero-order valence-corrected chi connectivity index (χ0v) is 13.7. The van der Waals surface area contributed by atoms with Gasteiger partial charge in [0.25, 0.3) is 0 Å². The van der Waals surface area contributed by atoms with Gasteiger partial charge >= 0.3 is 0 Å². The Morgan fingerprint density at radius 1 is 1.24 bits per heavy atom. The minimum Gasteiger partial charge on any atom is -0.496 e. The summed E-state index contributed by atoms with van der Waals surface area (Å²) < 4.78 is 5.32. The second-order valence-electron chi connectivity index (χ2n) is 6.52. The number of Topliss-reactive ketones (excluding diaryl/α,β-unsaturated/α-hetero) is 2. The molecule has 0 saturated carbocycles. The number of hydrogen-bond donors (Lipinski definition) is 0. The SMILES string of the molecule is COc1cc(C)ccc1/C=C(\C(C)=O)C(=O)CC(C)(C)C. The number of carbonyl (C=O) groups excluding carboxylic acids is 2. The molecule has 0 N–H and O–H groups in total. The lowest BCUT2D eigenvalue weighted by molar-refractivity contribution is -0.121. The van der Waals surface area contributed by atoms with Crippen LogP contribution in [0.5, 0.6) is 5.75 Å². The van der Waals surface area contributed by atoms with Gasteiger partial charge < -0.3 is 4.74 Å². The molecule has 0 fully saturated rings. The van der Waals surface area contributed by atoms with E-state index in [1.54, 1.807) is 13.2 Å². The van der Waals surface area contributed by atoms with Crippen molar-refractivity contribution in [3.8, 4) is 5.75 Å². The van der Waals surface area contributed by atoms with Crippen molar-refractivity contribution in [3.05, 3.63) is 34.9 Å². The van der Waals surface area contributed by atoms with Crippen LogP contribution in [0.15, 0.2) is 23.8 Å². The van der Waals surface area contributed by atoms with Crippen molar-refractivity contribution in [1.29, 1.82) is 0 Å². The fourth-order valence-corrected chi connectivity index (χ4v) is 2.05. The highest BCUT2D eigenvalue weighted by Gasteiger charge is 2.22. The van der Waals surface area contributed by atoms with Crippen molar-refractivity contribution in [2.45, 2.75) is 41.0 Å². The highest BCUT2D eigenvalue weighted by molar-refractivity contribution is 6.22. The molecular formula is C18H24O3. The molecule has 3 heteroatoms. The number of carbonyl (C=O) groups is 2. The fourth-order valence-electron chi connectivity index (χ4n) is 2.05. The molecule has 1 rings (SSSR count). The molecule has 0 aromatic heterocycles. The third kappa shape index (κ3) is 5.18. The Hall–Kier alpha value is -1.90. The first-order valence-corrected chi connectivity index (χ1v) is 7.04. The first-order chi connectivity index (χ1) is 9.64. The molecule has 0 spiro atoms. The predicted octanol–water partition coefficient (Wildman–Crippen LogP) is 3.98. The summed E-state index contributed by atoms with van der Waals surface area (Å²) in [4.78, 5) is 24.2. The first-order valence-electron chi connectivity index (χ1n) is 7.04.